The fourth-order valence-electron chi connectivity index (χ4n) is 3.22. The van der Waals surface area contributed by atoms with Gasteiger partial charge in [0, 0.05) is 0 Å². The Hall–Kier alpha value is -3.18. The molecule has 1 fully saturated rings. The monoisotopic (exact) mass is 399 g/mol. The first-order valence-electron chi connectivity index (χ1n) is 9.48. The van der Waals surface area contributed by atoms with Gasteiger partial charge in [-0.3, -0.25) is 9.69 Å². The molecule has 0 unspecified atom stereocenters. The van der Waals surface area contributed by atoms with Crippen LogP contribution in [0.4, 0.5) is 5.69 Å². The summed E-state index contributed by atoms with van der Waals surface area (Å²) in [5.74, 6) is 0.0383. The Morgan fingerprint density at radius 1 is 0.966 bits per heavy atom. The molecule has 3 aromatic carbocycles. The predicted octanol–water partition coefficient (Wildman–Crippen LogP) is 5.08. The van der Waals surface area contributed by atoms with Gasteiger partial charge in [0.1, 0.15) is 0 Å². The summed E-state index contributed by atoms with van der Waals surface area (Å²) in [6.07, 6.45) is 2.37. The topological polar surface area (TPSA) is 45.0 Å². The van der Waals surface area contributed by atoms with Gasteiger partial charge in [-0.2, -0.15) is 5.10 Å². The number of anilines is 1. The lowest BCUT2D eigenvalue weighted by molar-refractivity contribution is -0.116. The second-order valence-electron chi connectivity index (χ2n) is 6.85. The van der Waals surface area contributed by atoms with Gasteiger partial charge >= 0.3 is 0 Å². The van der Waals surface area contributed by atoms with E-state index in [-0.39, 0.29) is 11.2 Å². The minimum Gasteiger partial charge on any atom is -0.273 e. The molecule has 5 heteroatoms. The van der Waals surface area contributed by atoms with Gasteiger partial charge in [-0.25, -0.2) is 0 Å². The summed E-state index contributed by atoms with van der Waals surface area (Å²) in [6, 6.07) is 27.7. The van der Waals surface area contributed by atoms with Crippen molar-refractivity contribution in [3.05, 3.63) is 102 Å². The van der Waals surface area contributed by atoms with Crippen molar-refractivity contribution in [2.75, 3.05) is 4.90 Å². The maximum absolute atomic E-state index is 13.2. The van der Waals surface area contributed by atoms with Crippen molar-refractivity contribution < 1.29 is 4.79 Å². The van der Waals surface area contributed by atoms with Gasteiger partial charge in [-0.05, 0) is 36.6 Å². The smallest absolute Gasteiger partial charge is 0.247 e. The molecule has 3 aromatic rings. The van der Waals surface area contributed by atoms with Crippen LogP contribution in [0.5, 0.6) is 0 Å². The lowest BCUT2D eigenvalue weighted by Crippen LogP contribution is -2.32. The highest BCUT2D eigenvalue weighted by molar-refractivity contribution is 8.16. The second kappa shape index (κ2) is 8.88. The quantitative estimate of drug-likeness (QED) is 0.444. The number of hydrogen-bond acceptors (Lipinski definition) is 4. The van der Waals surface area contributed by atoms with Crippen molar-refractivity contribution in [2.24, 2.45) is 10.2 Å². The number of carbonyl (C=O) groups excluding carboxylic acids is 1. The van der Waals surface area contributed by atoms with Gasteiger partial charge in [0.2, 0.25) is 5.91 Å². The van der Waals surface area contributed by atoms with Crippen molar-refractivity contribution in [2.45, 2.75) is 18.6 Å². The molecular weight excluding hydrogens is 378 g/mol. The summed E-state index contributed by atoms with van der Waals surface area (Å²) in [5, 5.41) is 9.01. The summed E-state index contributed by atoms with van der Waals surface area (Å²) in [7, 11) is 0. The fraction of sp³-hybridized carbons (Fsp3) is 0.125. The first-order valence-corrected chi connectivity index (χ1v) is 10.4. The molecule has 1 aliphatic rings. The van der Waals surface area contributed by atoms with Gasteiger partial charge in [-0.1, -0.05) is 90.1 Å². The number of amidine groups is 1. The summed E-state index contributed by atoms with van der Waals surface area (Å²) < 4.78 is 0. The molecular formula is C24H21N3OS. The largest absolute Gasteiger partial charge is 0.273 e. The van der Waals surface area contributed by atoms with Gasteiger partial charge in [0.15, 0.2) is 5.17 Å². The molecule has 0 aliphatic carbocycles. The average Bonchev–Trinajstić information content (AvgIpc) is 3.04. The molecule has 0 N–H and O–H groups in total. The molecule has 1 amide bonds. The molecule has 0 saturated carbocycles. The van der Waals surface area contributed by atoms with Gasteiger partial charge in [0.05, 0.1) is 17.2 Å². The van der Waals surface area contributed by atoms with Crippen LogP contribution in [0, 0.1) is 6.92 Å². The maximum Gasteiger partial charge on any atom is 0.247 e. The van der Waals surface area contributed by atoms with Crippen molar-refractivity contribution in [1.29, 1.82) is 0 Å². The average molecular weight is 400 g/mol. The van der Waals surface area contributed by atoms with Crippen LogP contribution in [0.1, 0.15) is 16.7 Å². The van der Waals surface area contributed by atoms with Crippen molar-refractivity contribution in [3.63, 3.8) is 0 Å². The maximum atomic E-state index is 13.2. The van der Waals surface area contributed by atoms with Crippen LogP contribution in [0.2, 0.25) is 0 Å². The molecule has 29 heavy (non-hydrogen) atoms. The number of thioether (sulfide) groups is 1. The summed E-state index contributed by atoms with van der Waals surface area (Å²) in [4.78, 5) is 14.9. The molecule has 1 heterocycles. The van der Waals surface area contributed by atoms with Crippen LogP contribution in [-0.2, 0) is 11.2 Å². The zero-order valence-corrected chi connectivity index (χ0v) is 16.9. The van der Waals surface area contributed by atoms with E-state index in [0.717, 1.165) is 16.8 Å². The normalized spacial score (nSPS) is 18.1. The first-order chi connectivity index (χ1) is 14.2. The Morgan fingerprint density at radius 2 is 1.69 bits per heavy atom. The fourth-order valence-corrected chi connectivity index (χ4v) is 4.35. The number of carbonyl (C=O) groups is 1. The number of para-hydroxylation sites is 1. The van der Waals surface area contributed by atoms with Crippen LogP contribution < -0.4 is 4.90 Å². The summed E-state index contributed by atoms with van der Waals surface area (Å²) in [5.41, 5.74) is 4.12. The molecule has 0 spiro atoms. The minimum absolute atomic E-state index is 0.0383. The third-order valence-electron chi connectivity index (χ3n) is 4.60. The molecule has 0 radical (unpaired) electrons. The number of nitrogens with zero attached hydrogens (tertiary/aromatic N) is 3. The third-order valence-corrected chi connectivity index (χ3v) is 5.73. The number of aryl methyl sites for hydroxylation is 1. The predicted molar refractivity (Wildman–Crippen MR) is 122 cm³/mol. The first kappa shape index (κ1) is 19.2. The van der Waals surface area contributed by atoms with Crippen LogP contribution in [0.3, 0.4) is 0 Å². The van der Waals surface area contributed by atoms with Crippen LogP contribution in [0.15, 0.2) is 95.1 Å². The third kappa shape index (κ3) is 4.63. The van der Waals surface area contributed by atoms with Crippen LogP contribution >= 0.6 is 11.8 Å². The highest BCUT2D eigenvalue weighted by Crippen LogP contribution is 2.34. The van der Waals surface area contributed by atoms with Gasteiger partial charge in [0.25, 0.3) is 0 Å². The zero-order chi connectivity index (χ0) is 20.1. The van der Waals surface area contributed by atoms with Crippen molar-refractivity contribution in [3.8, 4) is 0 Å². The molecule has 1 atom stereocenters. The number of benzene rings is 3. The van der Waals surface area contributed by atoms with E-state index in [1.165, 1.54) is 17.3 Å². The standard InChI is InChI=1S/C24H21N3OS/c1-18-9-8-12-20(15-18)16-22-23(28)27(21-13-6-3-7-14-21)24(29-22)26-25-17-19-10-4-2-5-11-19/h2-15,17,22H,16H2,1H3/b25-17-,26-24-/t22-/m1/s1. The zero-order valence-electron chi connectivity index (χ0n) is 16.1. The highest BCUT2D eigenvalue weighted by Gasteiger charge is 2.39. The van der Waals surface area contributed by atoms with Crippen molar-refractivity contribution in [1.82, 2.24) is 0 Å². The van der Waals surface area contributed by atoms with E-state index in [4.69, 9.17) is 0 Å². The Balaban J connectivity index is 1.61. The lowest BCUT2D eigenvalue weighted by Gasteiger charge is -2.15. The molecule has 4 rings (SSSR count). The summed E-state index contributed by atoms with van der Waals surface area (Å²) in [6.45, 7) is 2.06. The van der Waals surface area contributed by atoms with Crippen molar-refractivity contribution >= 4 is 34.7 Å². The molecule has 1 aliphatic heterocycles. The molecule has 144 valence electrons. The SMILES string of the molecule is Cc1cccc(C[C@H]2S/C(=N\N=C/c3ccccc3)N(c3ccccc3)C2=O)c1. The Kier molecular flexibility index (Phi) is 5.86. The van der Waals surface area contributed by atoms with E-state index >= 15 is 0 Å². The molecule has 1 saturated heterocycles. The van der Waals surface area contributed by atoms with E-state index in [9.17, 15) is 4.79 Å². The minimum atomic E-state index is -0.220. The second-order valence-corrected chi connectivity index (χ2v) is 8.02. The van der Waals surface area contributed by atoms with Gasteiger partial charge in [-0.15, -0.1) is 5.10 Å². The molecule has 0 aromatic heterocycles. The Labute approximate surface area is 175 Å². The summed E-state index contributed by atoms with van der Waals surface area (Å²) >= 11 is 1.47. The lowest BCUT2D eigenvalue weighted by atomic mass is 10.1. The van der Waals surface area contributed by atoms with Gasteiger partial charge < -0.3 is 0 Å². The van der Waals surface area contributed by atoms with Crippen LogP contribution in [0.25, 0.3) is 0 Å². The van der Waals surface area contributed by atoms with E-state index < -0.39 is 0 Å². The van der Waals surface area contributed by atoms with E-state index in [1.54, 1.807) is 11.1 Å². The van der Waals surface area contributed by atoms with E-state index in [2.05, 4.69) is 35.3 Å². The van der Waals surface area contributed by atoms with E-state index in [1.807, 2.05) is 66.7 Å². The number of hydrogen-bond donors (Lipinski definition) is 0. The number of rotatable bonds is 5. The van der Waals surface area contributed by atoms with Crippen LogP contribution in [-0.4, -0.2) is 22.5 Å². The Morgan fingerprint density at radius 3 is 2.41 bits per heavy atom. The highest BCUT2D eigenvalue weighted by atomic mass is 32.2. The molecule has 0 bridgehead atoms. The Bertz CT molecular complexity index is 1050. The number of amides is 1. The van der Waals surface area contributed by atoms with E-state index in [0.29, 0.717) is 11.6 Å². The molecule has 4 nitrogen and oxygen atoms in total.